The molecule has 1 aliphatic heterocycles. The number of carbonyl (C=O) groups is 1. The Hall–Kier alpha value is -2.37. The molecule has 4 rings (SSSR count). The van der Waals surface area contributed by atoms with Crippen LogP contribution in [0.2, 0.25) is 0 Å². The van der Waals surface area contributed by atoms with E-state index in [2.05, 4.69) is 38.2 Å². The molecule has 2 aromatic rings. The molecular weight excluding hydrogens is 314 g/mol. The predicted octanol–water partition coefficient (Wildman–Crippen LogP) is 2.64. The maximum absolute atomic E-state index is 12.3. The van der Waals surface area contributed by atoms with Crippen LogP contribution in [0.3, 0.4) is 0 Å². The zero-order chi connectivity index (χ0) is 17.2. The van der Waals surface area contributed by atoms with Crippen LogP contribution in [-0.2, 0) is 6.42 Å². The second kappa shape index (κ2) is 6.86. The standard InChI is InChI=1S/C19H25N5O/c1-2-14-5-6-16(22-14)19(25)23-15-9-13(10-15)17-11-18(21-12-20-17)24-7-3-4-8-24/h5-6,11-13,15,22H,2-4,7-10H2,1H3,(H,23,25). The summed E-state index contributed by atoms with van der Waals surface area (Å²) in [6.45, 7) is 4.26. The minimum atomic E-state index is -0.0106. The number of anilines is 1. The zero-order valence-electron chi connectivity index (χ0n) is 14.7. The lowest BCUT2D eigenvalue weighted by atomic mass is 9.78. The van der Waals surface area contributed by atoms with Crippen molar-refractivity contribution in [3.05, 3.63) is 41.6 Å². The summed E-state index contributed by atoms with van der Waals surface area (Å²) >= 11 is 0. The number of amides is 1. The Morgan fingerprint density at radius 3 is 2.80 bits per heavy atom. The Kier molecular flexibility index (Phi) is 4.42. The van der Waals surface area contributed by atoms with Gasteiger partial charge in [-0.25, -0.2) is 9.97 Å². The van der Waals surface area contributed by atoms with E-state index in [9.17, 15) is 4.79 Å². The largest absolute Gasteiger partial charge is 0.357 e. The van der Waals surface area contributed by atoms with Crippen LogP contribution in [0.15, 0.2) is 24.5 Å². The van der Waals surface area contributed by atoms with Crippen molar-refractivity contribution in [2.45, 2.75) is 51.0 Å². The summed E-state index contributed by atoms with van der Waals surface area (Å²) in [5, 5.41) is 3.12. The number of aromatic amines is 1. The molecule has 2 fully saturated rings. The van der Waals surface area contributed by atoms with Gasteiger partial charge in [0.25, 0.3) is 5.91 Å². The molecule has 1 saturated heterocycles. The van der Waals surface area contributed by atoms with Crippen LogP contribution in [0.4, 0.5) is 5.82 Å². The van der Waals surface area contributed by atoms with Gasteiger partial charge in [-0.1, -0.05) is 6.92 Å². The highest BCUT2D eigenvalue weighted by Crippen LogP contribution is 2.36. The molecule has 0 radical (unpaired) electrons. The van der Waals surface area contributed by atoms with Crippen molar-refractivity contribution in [1.82, 2.24) is 20.3 Å². The summed E-state index contributed by atoms with van der Waals surface area (Å²) in [5.41, 5.74) is 2.85. The third kappa shape index (κ3) is 3.38. The number of hydrogen-bond acceptors (Lipinski definition) is 4. The van der Waals surface area contributed by atoms with Gasteiger partial charge in [0.05, 0.1) is 0 Å². The molecule has 3 heterocycles. The van der Waals surface area contributed by atoms with Gasteiger partial charge in [-0.05, 0) is 44.2 Å². The molecule has 1 aliphatic carbocycles. The van der Waals surface area contributed by atoms with E-state index < -0.39 is 0 Å². The Balaban J connectivity index is 1.32. The average Bonchev–Trinajstić information content (AvgIpc) is 3.28. The highest BCUT2D eigenvalue weighted by molar-refractivity contribution is 5.92. The van der Waals surface area contributed by atoms with E-state index in [0.717, 1.165) is 49.6 Å². The van der Waals surface area contributed by atoms with Crippen LogP contribution < -0.4 is 10.2 Å². The number of nitrogens with one attached hydrogen (secondary N) is 2. The van der Waals surface area contributed by atoms with E-state index in [1.807, 2.05) is 12.1 Å². The van der Waals surface area contributed by atoms with Crippen molar-refractivity contribution in [3.8, 4) is 0 Å². The molecule has 0 aromatic carbocycles. The first-order valence-electron chi connectivity index (χ1n) is 9.28. The SMILES string of the molecule is CCc1ccc(C(=O)NC2CC(c3cc(N4CCCC4)ncn3)C2)[nH]1. The quantitative estimate of drug-likeness (QED) is 0.878. The first-order valence-corrected chi connectivity index (χ1v) is 9.28. The summed E-state index contributed by atoms with van der Waals surface area (Å²) in [6, 6.07) is 6.19. The fourth-order valence-corrected chi connectivity index (χ4v) is 3.72. The molecule has 0 atom stereocenters. The van der Waals surface area contributed by atoms with Crippen molar-refractivity contribution in [2.75, 3.05) is 18.0 Å². The van der Waals surface area contributed by atoms with Crippen LogP contribution in [0.1, 0.15) is 60.4 Å². The molecule has 25 heavy (non-hydrogen) atoms. The molecule has 2 N–H and O–H groups in total. The summed E-state index contributed by atoms with van der Waals surface area (Å²) in [6.07, 6.45) is 6.98. The van der Waals surface area contributed by atoms with Gasteiger partial charge >= 0.3 is 0 Å². The van der Waals surface area contributed by atoms with E-state index in [0.29, 0.717) is 11.6 Å². The number of H-pyrrole nitrogens is 1. The third-order valence-electron chi connectivity index (χ3n) is 5.37. The minimum Gasteiger partial charge on any atom is -0.357 e. The van der Waals surface area contributed by atoms with Gasteiger partial charge in [-0.3, -0.25) is 4.79 Å². The number of rotatable bonds is 5. The van der Waals surface area contributed by atoms with Gasteiger partial charge in [-0.15, -0.1) is 0 Å². The van der Waals surface area contributed by atoms with Gasteiger partial charge < -0.3 is 15.2 Å². The lowest BCUT2D eigenvalue weighted by Gasteiger charge is -2.35. The number of hydrogen-bond donors (Lipinski definition) is 2. The Bertz CT molecular complexity index is 744. The number of aromatic nitrogens is 3. The highest BCUT2D eigenvalue weighted by Gasteiger charge is 2.33. The minimum absolute atomic E-state index is 0.0106. The van der Waals surface area contributed by atoms with Crippen LogP contribution >= 0.6 is 0 Å². The molecule has 0 unspecified atom stereocenters. The summed E-state index contributed by atoms with van der Waals surface area (Å²) < 4.78 is 0. The third-order valence-corrected chi connectivity index (χ3v) is 5.37. The molecule has 0 spiro atoms. The van der Waals surface area contributed by atoms with Crippen molar-refractivity contribution in [3.63, 3.8) is 0 Å². The molecule has 1 amide bonds. The van der Waals surface area contributed by atoms with Crippen LogP contribution in [0, 0.1) is 0 Å². The van der Waals surface area contributed by atoms with Crippen LogP contribution in [0.25, 0.3) is 0 Å². The second-order valence-electron chi connectivity index (χ2n) is 7.08. The topological polar surface area (TPSA) is 73.9 Å². The van der Waals surface area contributed by atoms with Crippen molar-refractivity contribution in [2.24, 2.45) is 0 Å². The Morgan fingerprint density at radius 2 is 2.08 bits per heavy atom. The average molecular weight is 339 g/mol. The number of aryl methyl sites for hydroxylation is 1. The van der Waals surface area contributed by atoms with Crippen molar-refractivity contribution < 1.29 is 4.79 Å². The van der Waals surface area contributed by atoms with Crippen molar-refractivity contribution in [1.29, 1.82) is 0 Å². The molecular formula is C19H25N5O. The van der Waals surface area contributed by atoms with E-state index in [-0.39, 0.29) is 11.9 Å². The van der Waals surface area contributed by atoms with Gasteiger partial charge in [0.1, 0.15) is 17.8 Å². The fourth-order valence-electron chi connectivity index (χ4n) is 3.72. The van der Waals surface area contributed by atoms with E-state index in [4.69, 9.17) is 0 Å². The Morgan fingerprint density at radius 1 is 1.28 bits per heavy atom. The normalized spacial score (nSPS) is 22.7. The molecule has 2 aromatic heterocycles. The second-order valence-corrected chi connectivity index (χ2v) is 7.08. The first kappa shape index (κ1) is 16.1. The zero-order valence-corrected chi connectivity index (χ0v) is 14.7. The summed E-state index contributed by atoms with van der Waals surface area (Å²) in [7, 11) is 0. The lowest BCUT2D eigenvalue weighted by Crippen LogP contribution is -2.43. The Labute approximate surface area is 148 Å². The van der Waals surface area contributed by atoms with Crippen molar-refractivity contribution >= 4 is 11.7 Å². The van der Waals surface area contributed by atoms with Gasteiger partial charge in [0, 0.05) is 42.5 Å². The highest BCUT2D eigenvalue weighted by atomic mass is 16.1. The molecule has 1 saturated carbocycles. The van der Waals surface area contributed by atoms with E-state index >= 15 is 0 Å². The van der Waals surface area contributed by atoms with Gasteiger partial charge in [0.15, 0.2) is 0 Å². The maximum atomic E-state index is 12.3. The van der Waals surface area contributed by atoms with Gasteiger partial charge in [-0.2, -0.15) is 0 Å². The summed E-state index contributed by atoms with van der Waals surface area (Å²) in [4.78, 5) is 26.6. The van der Waals surface area contributed by atoms with Crippen LogP contribution in [0.5, 0.6) is 0 Å². The van der Waals surface area contributed by atoms with Crippen LogP contribution in [-0.4, -0.2) is 40.0 Å². The van der Waals surface area contributed by atoms with E-state index in [1.165, 1.54) is 12.8 Å². The molecule has 6 nitrogen and oxygen atoms in total. The summed E-state index contributed by atoms with van der Waals surface area (Å²) in [5.74, 6) is 1.46. The first-order chi connectivity index (χ1) is 12.2. The molecule has 6 heteroatoms. The maximum Gasteiger partial charge on any atom is 0.267 e. The molecule has 2 aliphatic rings. The molecule has 132 valence electrons. The lowest BCUT2D eigenvalue weighted by molar-refractivity contribution is 0.0903. The van der Waals surface area contributed by atoms with Gasteiger partial charge in [0.2, 0.25) is 0 Å². The number of carbonyl (C=O) groups excluding carboxylic acids is 1. The monoisotopic (exact) mass is 339 g/mol. The smallest absolute Gasteiger partial charge is 0.267 e. The fraction of sp³-hybridized carbons (Fsp3) is 0.526. The predicted molar refractivity (Wildman–Crippen MR) is 96.9 cm³/mol. The molecule has 0 bridgehead atoms. The number of nitrogens with zero attached hydrogens (tertiary/aromatic N) is 3. The van der Waals surface area contributed by atoms with E-state index in [1.54, 1.807) is 6.33 Å².